The maximum atomic E-state index is 12.1. The van der Waals surface area contributed by atoms with Gasteiger partial charge in [-0.3, -0.25) is 9.59 Å². The van der Waals surface area contributed by atoms with Crippen LogP contribution in [0, 0.1) is 5.92 Å². The molecule has 5 nitrogen and oxygen atoms in total. The number of amides is 1. The van der Waals surface area contributed by atoms with Crippen molar-refractivity contribution in [2.24, 2.45) is 5.92 Å². The van der Waals surface area contributed by atoms with Crippen molar-refractivity contribution in [1.82, 2.24) is 10.3 Å². The maximum Gasteiger partial charge on any atom is 0.263 e. The molecule has 0 radical (unpaired) electrons. The number of hydrogen-bond acceptors (Lipinski definition) is 3. The van der Waals surface area contributed by atoms with E-state index in [1.165, 1.54) is 0 Å². The lowest BCUT2D eigenvalue weighted by atomic mass is 10.1. The summed E-state index contributed by atoms with van der Waals surface area (Å²) in [6.07, 6.45) is 0.858. The summed E-state index contributed by atoms with van der Waals surface area (Å²) in [6, 6.07) is 7.16. The molecule has 1 aromatic heterocycles. The molecule has 0 spiro atoms. The molecule has 0 bridgehead atoms. The minimum absolute atomic E-state index is 0.00699. The van der Waals surface area contributed by atoms with Gasteiger partial charge in [-0.05, 0) is 18.4 Å². The number of rotatable bonds is 4. The number of H-pyrrole nitrogens is 1. The van der Waals surface area contributed by atoms with Crippen LogP contribution in [0.5, 0.6) is 0 Å². The Morgan fingerprint density at radius 2 is 2.05 bits per heavy atom. The van der Waals surface area contributed by atoms with E-state index >= 15 is 0 Å². The zero-order valence-corrected chi connectivity index (χ0v) is 11.7. The fraction of sp³-hybridized carbons (Fsp3) is 0.333. The van der Waals surface area contributed by atoms with Crippen molar-refractivity contribution in [3.05, 3.63) is 40.2 Å². The molecule has 0 atom stereocenters. The molecule has 0 aliphatic carbocycles. The van der Waals surface area contributed by atoms with E-state index in [9.17, 15) is 9.59 Å². The third kappa shape index (κ3) is 2.82. The highest BCUT2D eigenvalue weighted by atomic mass is 16.2. The molecule has 1 amide bonds. The molecule has 0 saturated heterocycles. The second-order valence-corrected chi connectivity index (χ2v) is 5.23. The molecule has 0 unspecified atom stereocenters. The number of benzene rings is 1. The van der Waals surface area contributed by atoms with Crippen LogP contribution < -0.4 is 16.6 Å². The first kappa shape index (κ1) is 14.1. The molecule has 1 heterocycles. The summed E-state index contributed by atoms with van der Waals surface area (Å²) in [7, 11) is 0. The Morgan fingerprint density at radius 3 is 2.75 bits per heavy atom. The normalized spacial score (nSPS) is 10.9. The van der Waals surface area contributed by atoms with Gasteiger partial charge in [-0.15, -0.1) is 0 Å². The zero-order chi connectivity index (χ0) is 14.7. The van der Waals surface area contributed by atoms with E-state index in [1.54, 1.807) is 18.2 Å². The van der Waals surface area contributed by atoms with Crippen LogP contribution in [0.3, 0.4) is 0 Å². The molecule has 20 heavy (non-hydrogen) atoms. The number of carbonyl (C=O) groups excluding carboxylic acids is 1. The Hall–Kier alpha value is -2.30. The van der Waals surface area contributed by atoms with E-state index in [0.29, 0.717) is 23.4 Å². The van der Waals surface area contributed by atoms with Gasteiger partial charge in [0.05, 0.1) is 11.2 Å². The SMILES string of the molecule is CC(C)CCNC(=O)c1c(N)c2ccccc2[nH]c1=O. The molecule has 1 aromatic carbocycles. The lowest BCUT2D eigenvalue weighted by molar-refractivity contribution is 0.0951. The van der Waals surface area contributed by atoms with E-state index in [4.69, 9.17) is 5.73 Å². The third-order valence-electron chi connectivity index (χ3n) is 3.20. The Kier molecular flexibility index (Phi) is 4.08. The van der Waals surface area contributed by atoms with Crippen LogP contribution in [-0.4, -0.2) is 17.4 Å². The van der Waals surface area contributed by atoms with Crippen molar-refractivity contribution in [2.45, 2.75) is 20.3 Å². The highest BCUT2D eigenvalue weighted by molar-refractivity contribution is 6.06. The smallest absolute Gasteiger partial charge is 0.263 e. The Morgan fingerprint density at radius 1 is 1.35 bits per heavy atom. The van der Waals surface area contributed by atoms with Gasteiger partial charge in [-0.2, -0.15) is 0 Å². The fourth-order valence-electron chi connectivity index (χ4n) is 2.06. The van der Waals surface area contributed by atoms with Crippen LogP contribution in [0.2, 0.25) is 0 Å². The van der Waals surface area contributed by atoms with Gasteiger partial charge in [0.25, 0.3) is 11.5 Å². The first-order chi connectivity index (χ1) is 9.50. The Bertz CT molecular complexity index is 689. The number of anilines is 1. The molecule has 2 rings (SSSR count). The lowest BCUT2D eigenvalue weighted by Crippen LogP contribution is -2.32. The average molecular weight is 273 g/mol. The van der Waals surface area contributed by atoms with E-state index in [0.717, 1.165) is 6.42 Å². The monoisotopic (exact) mass is 273 g/mol. The van der Waals surface area contributed by atoms with Gasteiger partial charge in [0, 0.05) is 11.9 Å². The molecule has 0 aliphatic rings. The van der Waals surface area contributed by atoms with Gasteiger partial charge in [-0.1, -0.05) is 32.0 Å². The van der Waals surface area contributed by atoms with Gasteiger partial charge in [0.2, 0.25) is 0 Å². The molecule has 0 fully saturated rings. The standard InChI is InChI=1S/C15H19N3O2/c1-9(2)7-8-17-14(19)12-13(16)10-5-3-4-6-11(10)18-15(12)20/h3-6,9H,7-8H2,1-2H3,(H,17,19)(H3,16,18,20). The number of nitrogens with one attached hydrogen (secondary N) is 2. The Balaban J connectivity index is 2.34. The van der Waals surface area contributed by atoms with Crippen LogP contribution in [0.25, 0.3) is 10.9 Å². The summed E-state index contributed by atoms with van der Waals surface area (Å²) in [5.74, 6) is 0.0673. The van der Waals surface area contributed by atoms with E-state index in [1.807, 2.05) is 6.07 Å². The summed E-state index contributed by atoms with van der Waals surface area (Å²) < 4.78 is 0. The van der Waals surface area contributed by atoms with Crippen molar-refractivity contribution in [1.29, 1.82) is 0 Å². The van der Waals surface area contributed by atoms with Gasteiger partial charge in [0.15, 0.2) is 0 Å². The van der Waals surface area contributed by atoms with Crippen LogP contribution >= 0.6 is 0 Å². The number of hydrogen-bond donors (Lipinski definition) is 3. The van der Waals surface area contributed by atoms with E-state index in [2.05, 4.69) is 24.1 Å². The molecule has 0 aliphatic heterocycles. The van der Waals surface area contributed by atoms with Gasteiger partial charge < -0.3 is 16.0 Å². The number of aromatic nitrogens is 1. The van der Waals surface area contributed by atoms with Gasteiger partial charge >= 0.3 is 0 Å². The fourth-order valence-corrected chi connectivity index (χ4v) is 2.06. The summed E-state index contributed by atoms with van der Waals surface area (Å²) >= 11 is 0. The van der Waals surface area contributed by atoms with Gasteiger partial charge in [0.1, 0.15) is 5.56 Å². The molecule has 2 aromatic rings. The molecule has 0 saturated carbocycles. The predicted octanol–water partition coefficient (Wildman–Crippen LogP) is 1.89. The number of para-hydroxylation sites is 1. The summed E-state index contributed by atoms with van der Waals surface area (Å²) in [5.41, 5.74) is 6.37. The van der Waals surface area contributed by atoms with Crippen LogP contribution in [0.1, 0.15) is 30.6 Å². The first-order valence-corrected chi connectivity index (χ1v) is 6.69. The molecule has 4 N–H and O–H groups in total. The minimum atomic E-state index is -0.455. The summed E-state index contributed by atoms with van der Waals surface area (Å²) in [4.78, 5) is 26.8. The lowest BCUT2D eigenvalue weighted by Gasteiger charge is -2.10. The predicted molar refractivity (Wildman–Crippen MR) is 80.8 cm³/mol. The van der Waals surface area contributed by atoms with Crippen molar-refractivity contribution >= 4 is 22.5 Å². The number of aromatic amines is 1. The van der Waals surface area contributed by atoms with Crippen molar-refractivity contribution in [3.63, 3.8) is 0 Å². The van der Waals surface area contributed by atoms with Crippen LogP contribution in [0.15, 0.2) is 29.1 Å². The minimum Gasteiger partial charge on any atom is -0.397 e. The average Bonchev–Trinajstić information content (AvgIpc) is 2.38. The first-order valence-electron chi connectivity index (χ1n) is 6.69. The number of nitrogens with two attached hydrogens (primary N) is 1. The molecule has 5 heteroatoms. The second-order valence-electron chi connectivity index (χ2n) is 5.23. The summed E-state index contributed by atoms with van der Waals surface area (Å²) in [5, 5.41) is 3.42. The molecular formula is C15H19N3O2. The summed E-state index contributed by atoms with van der Waals surface area (Å²) in [6.45, 7) is 4.68. The van der Waals surface area contributed by atoms with Crippen molar-refractivity contribution < 1.29 is 4.79 Å². The number of carbonyl (C=O) groups is 1. The quantitative estimate of drug-likeness (QED) is 0.794. The van der Waals surface area contributed by atoms with Crippen molar-refractivity contribution in [2.75, 3.05) is 12.3 Å². The number of nitrogen functional groups attached to an aromatic ring is 1. The number of pyridine rings is 1. The maximum absolute atomic E-state index is 12.1. The topological polar surface area (TPSA) is 88.0 Å². The highest BCUT2D eigenvalue weighted by Gasteiger charge is 2.16. The van der Waals surface area contributed by atoms with Crippen LogP contribution in [0.4, 0.5) is 5.69 Å². The largest absolute Gasteiger partial charge is 0.397 e. The Labute approximate surface area is 117 Å². The third-order valence-corrected chi connectivity index (χ3v) is 3.20. The second kappa shape index (κ2) is 5.77. The zero-order valence-electron chi connectivity index (χ0n) is 11.7. The molecular weight excluding hydrogens is 254 g/mol. The van der Waals surface area contributed by atoms with Crippen molar-refractivity contribution in [3.8, 4) is 0 Å². The number of fused-ring (bicyclic) bond motifs is 1. The van der Waals surface area contributed by atoms with Crippen LogP contribution in [-0.2, 0) is 0 Å². The van der Waals surface area contributed by atoms with E-state index < -0.39 is 11.5 Å². The highest BCUT2D eigenvalue weighted by Crippen LogP contribution is 2.19. The van der Waals surface area contributed by atoms with Gasteiger partial charge in [-0.25, -0.2) is 0 Å². The molecule has 106 valence electrons. The van der Waals surface area contributed by atoms with E-state index in [-0.39, 0.29) is 11.3 Å².